The van der Waals surface area contributed by atoms with E-state index in [2.05, 4.69) is 27.3 Å². The number of thioether (sulfide) groups is 2. The fourth-order valence-electron chi connectivity index (χ4n) is 1.58. The van der Waals surface area contributed by atoms with Crippen LogP contribution in [-0.2, 0) is 5.75 Å². The molecule has 2 heterocycles. The summed E-state index contributed by atoms with van der Waals surface area (Å²) in [4.78, 5) is 4.39. The molecule has 1 aromatic carbocycles. The quantitative estimate of drug-likeness (QED) is 0.630. The molecule has 0 aliphatic heterocycles. The molecule has 0 spiro atoms. The first-order valence-electron chi connectivity index (χ1n) is 6.32. The molecule has 0 saturated carbocycles. The van der Waals surface area contributed by atoms with Crippen LogP contribution in [0.5, 0.6) is 0 Å². The van der Waals surface area contributed by atoms with Crippen LogP contribution in [-0.4, -0.2) is 26.1 Å². The van der Waals surface area contributed by atoms with Gasteiger partial charge in [-0.05, 0) is 5.75 Å². The van der Waals surface area contributed by atoms with Gasteiger partial charge in [-0.2, -0.15) is 4.98 Å². The highest BCUT2D eigenvalue weighted by molar-refractivity contribution is 8.02. The van der Waals surface area contributed by atoms with Crippen LogP contribution in [0.1, 0.15) is 12.8 Å². The second kappa shape index (κ2) is 7.06. The summed E-state index contributed by atoms with van der Waals surface area (Å²) in [5.41, 5.74) is 0.954. The molecular formula is C13H12N4OS3. The highest BCUT2D eigenvalue weighted by Crippen LogP contribution is 2.30. The first-order valence-corrected chi connectivity index (χ1v) is 9.11. The average molecular weight is 336 g/mol. The van der Waals surface area contributed by atoms with Gasteiger partial charge in [0.15, 0.2) is 8.68 Å². The molecular weight excluding hydrogens is 324 g/mol. The number of rotatable bonds is 6. The van der Waals surface area contributed by atoms with Gasteiger partial charge in [0.2, 0.25) is 11.7 Å². The van der Waals surface area contributed by atoms with E-state index in [1.807, 2.05) is 30.3 Å². The topological polar surface area (TPSA) is 64.7 Å². The van der Waals surface area contributed by atoms with E-state index in [4.69, 9.17) is 4.52 Å². The first kappa shape index (κ1) is 14.6. The Kier molecular flexibility index (Phi) is 4.89. The lowest BCUT2D eigenvalue weighted by Gasteiger charge is -1.91. The van der Waals surface area contributed by atoms with Gasteiger partial charge in [0, 0.05) is 5.56 Å². The summed E-state index contributed by atoms with van der Waals surface area (Å²) < 4.78 is 7.18. The Bertz CT molecular complexity index is 698. The predicted octanol–water partition coefficient (Wildman–Crippen LogP) is 3.99. The Balaban J connectivity index is 1.62. The van der Waals surface area contributed by atoms with Crippen molar-refractivity contribution in [1.29, 1.82) is 0 Å². The van der Waals surface area contributed by atoms with Gasteiger partial charge in [0.25, 0.3) is 0 Å². The molecule has 0 radical (unpaired) electrons. The smallest absolute Gasteiger partial charge is 0.237 e. The van der Waals surface area contributed by atoms with E-state index < -0.39 is 0 Å². The molecule has 0 unspecified atom stereocenters. The van der Waals surface area contributed by atoms with Crippen molar-refractivity contribution in [3.63, 3.8) is 0 Å². The third kappa shape index (κ3) is 3.84. The second-order valence-electron chi connectivity index (χ2n) is 3.93. The normalized spacial score (nSPS) is 10.9. The third-order valence-corrected chi connectivity index (χ3v) is 5.53. The fourth-order valence-corrected chi connectivity index (χ4v) is 4.33. The number of nitrogens with zero attached hydrogens (tertiary/aromatic N) is 4. The van der Waals surface area contributed by atoms with Gasteiger partial charge in [0.05, 0.1) is 5.75 Å². The van der Waals surface area contributed by atoms with Gasteiger partial charge in [0.1, 0.15) is 0 Å². The molecule has 8 heteroatoms. The Hall–Kier alpha value is -1.38. The summed E-state index contributed by atoms with van der Waals surface area (Å²) in [6.45, 7) is 2.10. The van der Waals surface area contributed by atoms with Crippen LogP contribution in [0.3, 0.4) is 0 Å². The highest BCUT2D eigenvalue weighted by atomic mass is 32.2. The third-order valence-electron chi connectivity index (χ3n) is 2.47. The van der Waals surface area contributed by atoms with Crippen LogP contribution < -0.4 is 0 Å². The van der Waals surface area contributed by atoms with Crippen molar-refractivity contribution in [2.75, 3.05) is 5.75 Å². The molecule has 0 aliphatic rings. The molecule has 3 rings (SSSR count). The van der Waals surface area contributed by atoms with Crippen LogP contribution in [0.2, 0.25) is 0 Å². The molecule has 0 fully saturated rings. The van der Waals surface area contributed by atoms with E-state index in [-0.39, 0.29) is 0 Å². The standard InChI is InChI=1S/C13H12N4OS3/c1-2-19-12-15-16-13(21-12)20-8-10-14-11(17-18-10)9-6-4-3-5-7-9/h3-7H,2,8H2,1H3. The predicted molar refractivity (Wildman–Crippen MR) is 85.6 cm³/mol. The number of hydrogen-bond donors (Lipinski definition) is 0. The summed E-state index contributed by atoms with van der Waals surface area (Å²) in [6.07, 6.45) is 0. The minimum Gasteiger partial charge on any atom is -0.338 e. The van der Waals surface area contributed by atoms with E-state index in [9.17, 15) is 0 Å². The largest absolute Gasteiger partial charge is 0.338 e. The maximum Gasteiger partial charge on any atom is 0.237 e. The number of hydrogen-bond acceptors (Lipinski definition) is 8. The van der Waals surface area contributed by atoms with Crippen LogP contribution in [0.15, 0.2) is 43.5 Å². The Morgan fingerprint density at radius 2 is 1.86 bits per heavy atom. The molecule has 3 aromatic rings. The zero-order chi connectivity index (χ0) is 14.5. The lowest BCUT2D eigenvalue weighted by atomic mass is 10.2. The van der Waals surface area contributed by atoms with E-state index >= 15 is 0 Å². The minimum atomic E-state index is 0.596. The number of aromatic nitrogens is 4. The van der Waals surface area contributed by atoms with Crippen molar-refractivity contribution in [2.45, 2.75) is 21.4 Å². The average Bonchev–Trinajstić information content (AvgIpc) is 3.16. The molecule has 0 aliphatic carbocycles. The van der Waals surface area contributed by atoms with Crippen molar-refractivity contribution >= 4 is 34.9 Å². The zero-order valence-corrected chi connectivity index (χ0v) is 13.7. The molecule has 2 aromatic heterocycles. The summed E-state index contributed by atoms with van der Waals surface area (Å²) in [7, 11) is 0. The number of benzene rings is 1. The van der Waals surface area contributed by atoms with E-state index in [1.54, 1.807) is 34.9 Å². The maximum absolute atomic E-state index is 5.26. The molecule has 21 heavy (non-hydrogen) atoms. The van der Waals surface area contributed by atoms with Gasteiger partial charge in [-0.3, -0.25) is 0 Å². The van der Waals surface area contributed by atoms with Crippen molar-refractivity contribution in [1.82, 2.24) is 20.3 Å². The molecule has 0 saturated heterocycles. The summed E-state index contributed by atoms with van der Waals surface area (Å²) >= 11 is 4.86. The highest BCUT2D eigenvalue weighted by Gasteiger charge is 2.10. The van der Waals surface area contributed by atoms with Crippen LogP contribution in [0.4, 0.5) is 0 Å². The Morgan fingerprint density at radius 1 is 1.10 bits per heavy atom. The lowest BCUT2D eigenvalue weighted by Crippen LogP contribution is -1.82. The van der Waals surface area contributed by atoms with Crippen molar-refractivity contribution in [2.24, 2.45) is 0 Å². The molecule has 0 bridgehead atoms. The first-order chi connectivity index (χ1) is 10.3. The lowest BCUT2D eigenvalue weighted by molar-refractivity contribution is 0.391. The Labute approximate surface area is 134 Å². The summed E-state index contributed by atoms with van der Waals surface area (Å²) in [5.74, 6) is 2.82. The molecule has 0 amide bonds. The van der Waals surface area contributed by atoms with E-state index in [0.29, 0.717) is 17.5 Å². The van der Waals surface area contributed by atoms with Gasteiger partial charge >= 0.3 is 0 Å². The molecule has 5 nitrogen and oxygen atoms in total. The van der Waals surface area contributed by atoms with Gasteiger partial charge in [-0.25, -0.2) is 0 Å². The van der Waals surface area contributed by atoms with Crippen LogP contribution >= 0.6 is 34.9 Å². The van der Waals surface area contributed by atoms with E-state index in [0.717, 1.165) is 20.0 Å². The van der Waals surface area contributed by atoms with Crippen molar-refractivity contribution < 1.29 is 4.52 Å². The summed E-state index contributed by atoms with van der Waals surface area (Å²) in [5, 5.41) is 12.2. The zero-order valence-electron chi connectivity index (χ0n) is 11.2. The minimum absolute atomic E-state index is 0.596. The molecule has 0 atom stereocenters. The molecule has 108 valence electrons. The molecule has 0 N–H and O–H groups in total. The maximum atomic E-state index is 5.26. The van der Waals surface area contributed by atoms with E-state index in [1.165, 1.54) is 0 Å². The fraction of sp³-hybridized carbons (Fsp3) is 0.231. The van der Waals surface area contributed by atoms with Gasteiger partial charge < -0.3 is 4.52 Å². The summed E-state index contributed by atoms with van der Waals surface area (Å²) in [6, 6.07) is 9.78. The monoisotopic (exact) mass is 336 g/mol. The van der Waals surface area contributed by atoms with Crippen molar-refractivity contribution in [3.8, 4) is 11.4 Å². The van der Waals surface area contributed by atoms with Crippen LogP contribution in [0, 0.1) is 0 Å². The van der Waals surface area contributed by atoms with Crippen molar-refractivity contribution in [3.05, 3.63) is 36.2 Å². The second-order valence-corrected chi connectivity index (χ2v) is 7.64. The Morgan fingerprint density at radius 3 is 2.62 bits per heavy atom. The van der Waals surface area contributed by atoms with Gasteiger partial charge in [-0.15, -0.1) is 10.2 Å². The SMILES string of the molecule is CCSc1nnc(SCc2nc(-c3ccccc3)no2)s1. The van der Waals surface area contributed by atoms with Crippen LogP contribution in [0.25, 0.3) is 11.4 Å². The van der Waals surface area contributed by atoms with Gasteiger partial charge in [-0.1, -0.05) is 77.3 Å².